The van der Waals surface area contributed by atoms with Crippen molar-refractivity contribution >= 4 is 26.7 Å². The van der Waals surface area contributed by atoms with Crippen LogP contribution in [0.3, 0.4) is 0 Å². The molecule has 1 aromatic heterocycles. The Balaban J connectivity index is 1.82. The molecule has 3 rings (SSSR count). The van der Waals surface area contributed by atoms with Gasteiger partial charge in [-0.1, -0.05) is 0 Å². The highest BCUT2D eigenvalue weighted by Crippen LogP contribution is 2.26. The Morgan fingerprint density at radius 1 is 1.29 bits per heavy atom. The number of fused-ring (bicyclic) bond motifs is 1. The molecular formula is C18H23NO4S. The van der Waals surface area contributed by atoms with E-state index in [-0.39, 0.29) is 29.9 Å². The van der Waals surface area contributed by atoms with Crippen molar-refractivity contribution in [3.63, 3.8) is 0 Å². The number of benzene rings is 1. The predicted molar refractivity (Wildman–Crippen MR) is 93.8 cm³/mol. The number of carbonyl (C=O) groups excluding carboxylic acids is 1. The lowest BCUT2D eigenvalue weighted by Gasteiger charge is -2.26. The van der Waals surface area contributed by atoms with Crippen molar-refractivity contribution in [3.05, 3.63) is 35.1 Å². The molecule has 0 unspecified atom stereocenters. The lowest BCUT2D eigenvalue weighted by atomic mass is 10.0. The van der Waals surface area contributed by atoms with E-state index in [1.165, 1.54) is 0 Å². The smallest absolute Gasteiger partial charge is 0.227 e. The van der Waals surface area contributed by atoms with Crippen LogP contribution in [0.15, 0.2) is 22.8 Å². The van der Waals surface area contributed by atoms with Gasteiger partial charge in [0.15, 0.2) is 9.84 Å². The second kappa shape index (κ2) is 6.24. The van der Waals surface area contributed by atoms with Crippen LogP contribution in [0.2, 0.25) is 0 Å². The molecule has 1 atom stereocenters. The van der Waals surface area contributed by atoms with Crippen molar-refractivity contribution in [2.24, 2.45) is 0 Å². The summed E-state index contributed by atoms with van der Waals surface area (Å²) in [5.41, 5.74) is 3.96. The van der Waals surface area contributed by atoms with Gasteiger partial charge in [0, 0.05) is 23.5 Å². The third kappa shape index (κ3) is 3.20. The summed E-state index contributed by atoms with van der Waals surface area (Å²) in [7, 11) is -3.00. The molecule has 0 radical (unpaired) electrons. The van der Waals surface area contributed by atoms with Gasteiger partial charge in [0.2, 0.25) is 5.91 Å². The minimum Gasteiger partial charge on any atom is -0.464 e. The van der Waals surface area contributed by atoms with Crippen molar-refractivity contribution in [3.8, 4) is 0 Å². The maximum absolute atomic E-state index is 12.7. The minimum absolute atomic E-state index is 0.0412. The fourth-order valence-corrected chi connectivity index (χ4v) is 5.13. The summed E-state index contributed by atoms with van der Waals surface area (Å²) in [6.07, 6.45) is 2.41. The molecule has 0 saturated carbocycles. The highest BCUT2D eigenvalue weighted by atomic mass is 32.2. The molecular weight excluding hydrogens is 326 g/mol. The van der Waals surface area contributed by atoms with Gasteiger partial charge >= 0.3 is 0 Å². The van der Waals surface area contributed by atoms with Gasteiger partial charge in [-0.3, -0.25) is 4.79 Å². The minimum atomic E-state index is -3.00. The molecule has 2 aromatic rings. The van der Waals surface area contributed by atoms with Crippen LogP contribution in [-0.2, 0) is 21.1 Å². The number of carbonyl (C=O) groups is 1. The summed E-state index contributed by atoms with van der Waals surface area (Å²) in [6.45, 7) is 6.48. The maximum Gasteiger partial charge on any atom is 0.227 e. The number of aryl methyl sites for hydroxylation is 2. The van der Waals surface area contributed by atoms with Crippen LogP contribution in [0.25, 0.3) is 11.0 Å². The van der Waals surface area contributed by atoms with Crippen LogP contribution in [0.4, 0.5) is 0 Å². The number of likely N-dealkylation sites (N-methyl/N-ethyl adjacent to an activating group) is 1. The monoisotopic (exact) mass is 349 g/mol. The Kier molecular flexibility index (Phi) is 4.42. The molecule has 1 fully saturated rings. The quantitative estimate of drug-likeness (QED) is 0.851. The second-order valence-corrected chi connectivity index (χ2v) is 8.84. The molecule has 0 N–H and O–H groups in total. The third-order valence-electron chi connectivity index (χ3n) is 4.92. The van der Waals surface area contributed by atoms with E-state index in [2.05, 4.69) is 0 Å². The van der Waals surface area contributed by atoms with Gasteiger partial charge in [0.05, 0.1) is 24.2 Å². The van der Waals surface area contributed by atoms with Crippen molar-refractivity contribution in [2.45, 2.75) is 39.7 Å². The molecule has 0 aliphatic carbocycles. The van der Waals surface area contributed by atoms with Crippen molar-refractivity contribution < 1.29 is 17.6 Å². The molecule has 2 heterocycles. The summed E-state index contributed by atoms with van der Waals surface area (Å²) in [5, 5.41) is 0.960. The first kappa shape index (κ1) is 17.0. The third-order valence-corrected chi connectivity index (χ3v) is 6.67. The van der Waals surface area contributed by atoms with Crippen LogP contribution >= 0.6 is 0 Å². The summed E-state index contributed by atoms with van der Waals surface area (Å²) in [6, 6.07) is 3.84. The topological polar surface area (TPSA) is 67.6 Å². The molecule has 130 valence electrons. The van der Waals surface area contributed by atoms with E-state index >= 15 is 0 Å². The average molecular weight is 349 g/mol. The average Bonchev–Trinajstić information content (AvgIpc) is 3.05. The van der Waals surface area contributed by atoms with E-state index in [0.717, 1.165) is 27.7 Å². The number of nitrogens with zero attached hydrogens (tertiary/aromatic N) is 1. The van der Waals surface area contributed by atoms with E-state index in [4.69, 9.17) is 4.42 Å². The molecule has 24 heavy (non-hydrogen) atoms. The number of rotatable bonds is 4. The standard InChI is InChI=1S/C18H23NO4S/c1-4-19(15-5-6-24(21,22)11-15)18(20)9-14-10-23-17-8-13(3)12(2)7-16(14)17/h7-8,10,15H,4-6,9,11H2,1-3H3/t15-/m1/s1. The summed E-state index contributed by atoms with van der Waals surface area (Å²) in [5.74, 6) is 0.214. The Hall–Kier alpha value is -1.82. The number of furan rings is 1. The van der Waals surface area contributed by atoms with Crippen LogP contribution in [0.1, 0.15) is 30.0 Å². The molecule has 1 saturated heterocycles. The molecule has 1 amide bonds. The van der Waals surface area contributed by atoms with E-state index in [1.54, 1.807) is 11.2 Å². The number of hydrogen-bond donors (Lipinski definition) is 0. The maximum atomic E-state index is 12.7. The second-order valence-electron chi connectivity index (χ2n) is 6.61. The Morgan fingerprint density at radius 2 is 2.00 bits per heavy atom. The van der Waals surface area contributed by atoms with Crippen molar-refractivity contribution in [1.29, 1.82) is 0 Å². The SMILES string of the molecule is CCN(C(=O)Cc1coc2cc(C)c(C)cc12)[C@@H]1CCS(=O)(=O)C1. The van der Waals surface area contributed by atoms with Gasteiger partial charge in [0.25, 0.3) is 0 Å². The van der Waals surface area contributed by atoms with Crippen molar-refractivity contribution in [2.75, 3.05) is 18.1 Å². The molecule has 1 aromatic carbocycles. The summed E-state index contributed by atoms with van der Waals surface area (Å²) < 4.78 is 29.0. The lowest BCUT2D eigenvalue weighted by molar-refractivity contribution is -0.132. The van der Waals surface area contributed by atoms with Gasteiger partial charge in [0.1, 0.15) is 5.58 Å². The molecule has 6 heteroatoms. The number of hydrogen-bond acceptors (Lipinski definition) is 4. The van der Waals surface area contributed by atoms with Gasteiger partial charge < -0.3 is 9.32 Å². The van der Waals surface area contributed by atoms with E-state index in [1.807, 2.05) is 32.9 Å². The van der Waals surface area contributed by atoms with Crippen LogP contribution < -0.4 is 0 Å². The zero-order valence-electron chi connectivity index (χ0n) is 14.3. The number of sulfone groups is 1. The fourth-order valence-electron chi connectivity index (χ4n) is 3.40. The lowest BCUT2D eigenvalue weighted by Crippen LogP contribution is -2.41. The molecule has 5 nitrogen and oxygen atoms in total. The Morgan fingerprint density at radius 3 is 2.62 bits per heavy atom. The highest BCUT2D eigenvalue weighted by Gasteiger charge is 2.34. The zero-order chi connectivity index (χ0) is 17.5. The van der Waals surface area contributed by atoms with E-state index in [9.17, 15) is 13.2 Å². The fraction of sp³-hybridized carbons (Fsp3) is 0.500. The first-order valence-corrected chi connectivity index (χ1v) is 10.1. The predicted octanol–water partition coefficient (Wildman–Crippen LogP) is 2.63. The van der Waals surface area contributed by atoms with Crippen LogP contribution in [-0.4, -0.2) is 43.3 Å². The van der Waals surface area contributed by atoms with Gasteiger partial charge in [-0.2, -0.15) is 0 Å². The van der Waals surface area contributed by atoms with Gasteiger partial charge in [-0.05, 0) is 50.5 Å². The largest absolute Gasteiger partial charge is 0.464 e. The summed E-state index contributed by atoms with van der Waals surface area (Å²) >= 11 is 0. The molecule has 1 aliphatic rings. The first-order valence-electron chi connectivity index (χ1n) is 8.28. The zero-order valence-corrected chi connectivity index (χ0v) is 15.1. The van der Waals surface area contributed by atoms with Crippen molar-refractivity contribution in [1.82, 2.24) is 4.90 Å². The molecule has 0 bridgehead atoms. The summed E-state index contributed by atoms with van der Waals surface area (Å²) in [4.78, 5) is 14.4. The van der Waals surface area contributed by atoms with Gasteiger partial charge in [-0.25, -0.2) is 8.42 Å². The van der Waals surface area contributed by atoms with Crippen LogP contribution in [0.5, 0.6) is 0 Å². The number of amides is 1. The highest BCUT2D eigenvalue weighted by molar-refractivity contribution is 7.91. The van der Waals surface area contributed by atoms with Crippen LogP contribution in [0, 0.1) is 13.8 Å². The van der Waals surface area contributed by atoms with Gasteiger partial charge in [-0.15, -0.1) is 0 Å². The van der Waals surface area contributed by atoms with E-state index in [0.29, 0.717) is 13.0 Å². The normalized spacial score (nSPS) is 19.7. The Labute approximate surface area is 142 Å². The molecule has 0 spiro atoms. The van der Waals surface area contributed by atoms with E-state index < -0.39 is 9.84 Å². The Bertz CT molecular complexity index is 882. The first-order chi connectivity index (χ1) is 11.3. The molecule has 1 aliphatic heterocycles.